The van der Waals surface area contributed by atoms with Crippen LogP contribution in [0.15, 0.2) is 309 Å². The summed E-state index contributed by atoms with van der Waals surface area (Å²) < 4.78 is 0. The normalized spacial score (nSPS) is 13.0. The third-order valence-corrected chi connectivity index (χ3v) is 18.4. The second-order valence-corrected chi connectivity index (χ2v) is 23.8. The van der Waals surface area contributed by atoms with Gasteiger partial charge in [0.1, 0.15) is 0 Å². The minimum atomic E-state index is -0.448. The lowest BCUT2D eigenvalue weighted by atomic mass is 9.33. The molecule has 3 aliphatic rings. The molecule has 6 nitrogen and oxygen atoms in total. The summed E-state index contributed by atoms with van der Waals surface area (Å²) >= 11 is 0. The first kappa shape index (κ1) is 53.6. The van der Waals surface area contributed by atoms with Gasteiger partial charge in [-0.3, -0.25) is 0 Å². The van der Waals surface area contributed by atoms with Gasteiger partial charge in [0.05, 0.1) is 51.7 Å². The van der Waals surface area contributed by atoms with Crippen molar-refractivity contribution < 1.29 is 0 Å². The van der Waals surface area contributed by atoms with Gasteiger partial charge in [0.15, 0.2) is 0 Å². The summed E-state index contributed by atoms with van der Waals surface area (Å²) in [6.45, 7) is 4.34. The van der Waals surface area contributed by atoms with Gasteiger partial charge in [0.2, 0.25) is 0 Å². The third kappa shape index (κ3) is 8.70. The molecular formula is C83H57BN6. The molecule has 0 saturated heterocycles. The number of para-hydroxylation sites is 6. The van der Waals surface area contributed by atoms with Crippen LogP contribution in [0.4, 0.5) is 68.2 Å². The summed E-state index contributed by atoms with van der Waals surface area (Å²) in [4.78, 5) is 9.70. The van der Waals surface area contributed by atoms with Crippen LogP contribution in [0.2, 0.25) is 0 Å². The summed E-state index contributed by atoms with van der Waals surface area (Å²) in [5.74, 6) is 0. The van der Waals surface area contributed by atoms with Crippen LogP contribution in [0, 0.1) is 22.7 Å². The number of nitriles is 2. The van der Waals surface area contributed by atoms with Crippen molar-refractivity contribution in [1.82, 2.24) is 0 Å². The quantitative estimate of drug-likeness (QED) is 0.127. The van der Waals surface area contributed by atoms with E-state index >= 15 is 0 Å². The number of hydrogen-bond donors (Lipinski definition) is 0. The van der Waals surface area contributed by atoms with Gasteiger partial charge in [0, 0.05) is 67.5 Å². The largest absolute Gasteiger partial charge is 0.311 e. The molecule has 3 aliphatic heterocycles. The number of hydrogen-bond acceptors (Lipinski definition) is 6. The number of benzene rings is 13. The zero-order valence-electron chi connectivity index (χ0n) is 49.7. The van der Waals surface area contributed by atoms with E-state index in [0.717, 1.165) is 129 Å². The van der Waals surface area contributed by atoms with E-state index in [-0.39, 0.29) is 6.71 Å². The van der Waals surface area contributed by atoms with Crippen LogP contribution < -0.4 is 36.0 Å². The molecule has 0 radical (unpaired) electrons. The average molecular weight is 1150 g/mol. The minimum Gasteiger partial charge on any atom is -0.311 e. The SMILES string of the molecule is CC1(C)c2ccccc2N(c2ccccc2)c2c(-c3ccc4c(c3)N(c3ccccc3-c3ccccc3)c3cccc5c3B4c3ccc(-c4cc(C#N)ccc4N(c4ccccc4)c4ccccc4)cc3N5c3ccccc3-c3ccccc3)cc(C#N)cc21. The molecular weight excluding hydrogens is 1090 g/mol. The zero-order chi connectivity index (χ0) is 60.5. The Morgan fingerprint density at radius 1 is 0.333 bits per heavy atom. The van der Waals surface area contributed by atoms with Crippen LogP contribution in [0.5, 0.6) is 0 Å². The molecule has 0 N–H and O–H groups in total. The lowest BCUT2D eigenvalue weighted by Gasteiger charge is -2.45. The van der Waals surface area contributed by atoms with E-state index in [1.807, 2.05) is 24.3 Å². The van der Waals surface area contributed by atoms with Crippen LogP contribution in [-0.4, -0.2) is 6.71 Å². The van der Waals surface area contributed by atoms with E-state index in [1.165, 1.54) is 11.0 Å². The highest BCUT2D eigenvalue weighted by Gasteiger charge is 2.45. The third-order valence-electron chi connectivity index (χ3n) is 18.4. The first-order chi connectivity index (χ1) is 44.4. The molecule has 0 fully saturated rings. The van der Waals surface area contributed by atoms with E-state index < -0.39 is 5.41 Å². The second kappa shape index (κ2) is 21.8. The molecule has 0 aromatic heterocycles. The molecule has 422 valence electrons. The molecule has 0 aliphatic carbocycles. The van der Waals surface area contributed by atoms with Crippen LogP contribution in [-0.2, 0) is 5.41 Å². The van der Waals surface area contributed by atoms with Gasteiger partial charge in [-0.1, -0.05) is 214 Å². The van der Waals surface area contributed by atoms with Gasteiger partial charge in [-0.2, -0.15) is 10.5 Å². The molecule has 13 aromatic rings. The Hall–Kier alpha value is -11.9. The predicted molar refractivity (Wildman–Crippen MR) is 373 cm³/mol. The highest BCUT2D eigenvalue weighted by Crippen LogP contribution is 2.57. The van der Waals surface area contributed by atoms with Gasteiger partial charge in [-0.25, -0.2) is 0 Å². The van der Waals surface area contributed by atoms with Crippen molar-refractivity contribution in [2.75, 3.05) is 19.6 Å². The van der Waals surface area contributed by atoms with E-state index in [0.29, 0.717) is 11.1 Å². The molecule has 13 aromatic carbocycles. The van der Waals surface area contributed by atoms with Gasteiger partial charge < -0.3 is 19.6 Å². The van der Waals surface area contributed by atoms with Crippen molar-refractivity contribution in [1.29, 1.82) is 10.5 Å². The Kier molecular flexibility index (Phi) is 13.0. The maximum atomic E-state index is 11.0. The molecule has 0 bridgehead atoms. The minimum absolute atomic E-state index is 0.245. The number of anilines is 12. The van der Waals surface area contributed by atoms with Gasteiger partial charge in [-0.15, -0.1) is 0 Å². The Morgan fingerprint density at radius 3 is 1.33 bits per heavy atom. The van der Waals surface area contributed by atoms with Crippen molar-refractivity contribution in [3.63, 3.8) is 0 Å². The standard InChI is InChI=1S/C83H57BN6/c1-83(2)69-37-20-23-40-76(69)88(64-33-16-7-17-34-64)82-68(50-57(55-86)51-70(82)83)61-45-47-72-80(53-61)90(74-39-22-19-36-66(74)59-27-10-4-11-28-59)78-42-24-41-77-81(78)84(72)71-46-44-60(52-79(71)89(77)73-38-21-18-35-65(73)58-25-8-3-9-26-58)67-49-56(54-85)43-48-75(67)87(62-29-12-5-13-30-62)63-31-14-6-15-32-63/h3-53H,1-2H3. The van der Waals surface area contributed by atoms with E-state index in [2.05, 4.69) is 331 Å². The van der Waals surface area contributed by atoms with Crippen molar-refractivity contribution >= 4 is 91.3 Å². The number of fused-ring (bicyclic) bond motifs is 6. The van der Waals surface area contributed by atoms with Crippen molar-refractivity contribution in [2.24, 2.45) is 0 Å². The van der Waals surface area contributed by atoms with Gasteiger partial charge in [-0.05, 0) is 159 Å². The fraction of sp³-hybridized carbons (Fsp3) is 0.0361. The average Bonchev–Trinajstić information content (AvgIpc) is 0.709. The molecule has 0 atom stereocenters. The Labute approximate surface area is 526 Å². The van der Waals surface area contributed by atoms with Gasteiger partial charge >= 0.3 is 0 Å². The van der Waals surface area contributed by atoms with Gasteiger partial charge in [0.25, 0.3) is 6.71 Å². The smallest absolute Gasteiger partial charge is 0.252 e. The first-order valence-corrected chi connectivity index (χ1v) is 30.6. The van der Waals surface area contributed by atoms with E-state index in [4.69, 9.17) is 0 Å². The molecule has 3 heterocycles. The topological polar surface area (TPSA) is 60.5 Å². The van der Waals surface area contributed by atoms with Crippen LogP contribution in [0.1, 0.15) is 36.1 Å². The summed E-state index contributed by atoms with van der Waals surface area (Å²) in [6.07, 6.45) is 0. The van der Waals surface area contributed by atoms with E-state index in [1.54, 1.807) is 0 Å². The molecule has 16 rings (SSSR count). The summed E-state index contributed by atoms with van der Waals surface area (Å²) in [6, 6.07) is 116. The highest BCUT2D eigenvalue weighted by molar-refractivity contribution is 7.00. The highest BCUT2D eigenvalue weighted by atomic mass is 15.2. The Morgan fingerprint density at radius 2 is 0.789 bits per heavy atom. The first-order valence-electron chi connectivity index (χ1n) is 30.6. The monoisotopic (exact) mass is 1150 g/mol. The predicted octanol–water partition coefficient (Wildman–Crippen LogP) is 19.8. The maximum absolute atomic E-state index is 11.0. The summed E-state index contributed by atoms with van der Waals surface area (Å²) in [7, 11) is 0. The van der Waals surface area contributed by atoms with Crippen LogP contribution >= 0.6 is 0 Å². The molecule has 0 saturated carbocycles. The van der Waals surface area contributed by atoms with Crippen LogP contribution in [0.25, 0.3) is 44.5 Å². The Balaban J connectivity index is 0.982. The summed E-state index contributed by atoms with van der Waals surface area (Å²) in [5, 5.41) is 21.7. The lowest BCUT2D eigenvalue weighted by Crippen LogP contribution is -2.61. The number of rotatable bonds is 10. The fourth-order valence-corrected chi connectivity index (χ4v) is 14.4. The Bertz CT molecular complexity index is 5000. The number of nitrogens with zero attached hydrogens (tertiary/aromatic N) is 6. The van der Waals surface area contributed by atoms with Crippen LogP contribution in [0.3, 0.4) is 0 Å². The molecule has 0 amide bonds. The van der Waals surface area contributed by atoms with Crippen molar-refractivity contribution in [3.8, 4) is 56.6 Å². The fourth-order valence-electron chi connectivity index (χ4n) is 14.4. The molecule has 90 heavy (non-hydrogen) atoms. The maximum Gasteiger partial charge on any atom is 0.252 e. The zero-order valence-corrected chi connectivity index (χ0v) is 49.7. The van der Waals surface area contributed by atoms with Crippen molar-refractivity contribution in [2.45, 2.75) is 19.3 Å². The summed E-state index contributed by atoms with van der Waals surface area (Å²) in [5.41, 5.74) is 27.3. The molecule has 0 unspecified atom stereocenters. The molecule has 0 spiro atoms. The van der Waals surface area contributed by atoms with E-state index in [9.17, 15) is 10.5 Å². The lowest BCUT2D eigenvalue weighted by molar-refractivity contribution is 0.632. The second-order valence-electron chi connectivity index (χ2n) is 23.8. The van der Waals surface area contributed by atoms with Crippen molar-refractivity contribution in [3.05, 3.63) is 332 Å². The molecule has 7 heteroatoms.